The lowest BCUT2D eigenvalue weighted by Gasteiger charge is -2.25. The van der Waals surface area contributed by atoms with Gasteiger partial charge in [0.15, 0.2) is 0 Å². The SMILES string of the molecule is COc1cc(C)c(/C(O)=C2\C(=O)C(=O)N(c3ccc(C(=O)OC(C)C)cc3)C2c2ccncc2)cc1C(C)C. The maximum Gasteiger partial charge on any atom is 0.338 e. The second-order valence-electron chi connectivity index (χ2n) is 10.0. The van der Waals surface area contributed by atoms with E-state index in [1.54, 1.807) is 75.8 Å². The number of hydrogen-bond donors (Lipinski definition) is 1. The molecule has 0 spiro atoms. The van der Waals surface area contributed by atoms with Gasteiger partial charge in [0.05, 0.1) is 30.4 Å². The number of aliphatic hydroxyl groups is 1. The van der Waals surface area contributed by atoms with Gasteiger partial charge in [-0.1, -0.05) is 13.8 Å². The number of rotatable bonds is 7. The molecule has 2 heterocycles. The minimum Gasteiger partial charge on any atom is -0.507 e. The fourth-order valence-corrected chi connectivity index (χ4v) is 4.73. The zero-order valence-corrected chi connectivity index (χ0v) is 22.9. The molecule has 3 aromatic rings. The summed E-state index contributed by atoms with van der Waals surface area (Å²) in [5.41, 5.74) is 3.29. The van der Waals surface area contributed by atoms with Gasteiger partial charge in [0.25, 0.3) is 11.7 Å². The highest BCUT2D eigenvalue weighted by Gasteiger charge is 2.47. The van der Waals surface area contributed by atoms with Crippen LogP contribution in [-0.2, 0) is 14.3 Å². The molecule has 8 heteroatoms. The van der Waals surface area contributed by atoms with Crippen molar-refractivity contribution in [3.05, 3.63) is 94.3 Å². The van der Waals surface area contributed by atoms with Crippen LogP contribution in [0.2, 0.25) is 0 Å². The van der Waals surface area contributed by atoms with Gasteiger partial charge in [0.2, 0.25) is 0 Å². The molecule has 1 amide bonds. The molecule has 2 aromatic carbocycles. The van der Waals surface area contributed by atoms with Crippen LogP contribution in [0, 0.1) is 6.92 Å². The van der Waals surface area contributed by atoms with Crippen LogP contribution >= 0.6 is 0 Å². The lowest BCUT2D eigenvalue weighted by Crippen LogP contribution is -2.29. The Labute approximate surface area is 227 Å². The van der Waals surface area contributed by atoms with Gasteiger partial charge in [0.1, 0.15) is 11.5 Å². The summed E-state index contributed by atoms with van der Waals surface area (Å²) in [6.45, 7) is 9.35. The van der Waals surface area contributed by atoms with Crippen LogP contribution in [0.5, 0.6) is 5.75 Å². The molecule has 1 aliphatic rings. The molecule has 4 rings (SSSR count). The van der Waals surface area contributed by atoms with E-state index in [9.17, 15) is 19.5 Å². The van der Waals surface area contributed by atoms with Crippen LogP contribution in [0.3, 0.4) is 0 Å². The molecule has 39 heavy (non-hydrogen) atoms. The molecule has 1 aliphatic heterocycles. The van der Waals surface area contributed by atoms with E-state index in [2.05, 4.69) is 4.98 Å². The lowest BCUT2D eigenvalue weighted by molar-refractivity contribution is -0.132. The molecule has 202 valence electrons. The number of ether oxygens (including phenoxy) is 2. The van der Waals surface area contributed by atoms with E-state index < -0.39 is 23.7 Å². The smallest absolute Gasteiger partial charge is 0.338 e. The minimum absolute atomic E-state index is 0.0301. The quantitative estimate of drug-likeness (QED) is 0.181. The largest absolute Gasteiger partial charge is 0.507 e. The van der Waals surface area contributed by atoms with Gasteiger partial charge < -0.3 is 14.6 Å². The van der Waals surface area contributed by atoms with Gasteiger partial charge in [-0.15, -0.1) is 0 Å². The van der Waals surface area contributed by atoms with Gasteiger partial charge in [-0.2, -0.15) is 0 Å². The van der Waals surface area contributed by atoms with Crippen LogP contribution < -0.4 is 9.64 Å². The Balaban J connectivity index is 1.88. The molecular formula is C31H32N2O6. The number of benzene rings is 2. The minimum atomic E-state index is -0.912. The topological polar surface area (TPSA) is 106 Å². The highest BCUT2D eigenvalue weighted by Crippen LogP contribution is 2.43. The Bertz CT molecular complexity index is 1440. The van der Waals surface area contributed by atoms with E-state index in [0.29, 0.717) is 33.7 Å². The number of hydrogen-bond acceptors (Lipinski definition) is 7. The van der Waals surface area contributed by atoms with Crippen LogP contribution in [0.4, 0.5) is 5.69 Å². The van der Waals surface area contributed by atoms with Crippen molar-refractivity contribution in [2.24, 2.45) is 0 Å². The van der Waals surface area contributed by atoms with Crippen molar-refractivity contribution in [2.75, 3.05) is 12.0 Å². The first kappa shape index (κ1) is 27.6. The number of aromatic nitrogens is 1. The van der Waals surface area contributed by atoms with Gasteiger partial charge in [-0.25, -0.2) is 4.79 Å². The number of methoxy groups -OCH3 is 1. The van der Waals surface area contributed by atoms with Gasteiger partial charge in [-0.05, 0) is 91.9 Å². The van der Waals surface area contributed by atoms with Crippen LogP contribution in [-0.4, -0.2) is 41.0 Å². The van der Waals surface area contributed by atoms with Gasteiger partial charge in [0, 0.05) is 23.6 Å². The number of esters is 1. The zero-order valence-electron chi connectivity index (χ0n) is 22.9. The van der Waals surface area contributed by atoms with Crippen molar-refractivity contribution in [1.82, 2.24) is 4.98 Å². The molecule has 0 aliphatic carbocycles. The highest BCUT2D eigenvalue weighted by atomic mass is 16.5. The molecule has 0 bridgehead atoms. The third kappa shape index (κ3) is 5.27. The van der Waals surface area contributed by atoms with E-state index in [0.717, 1.165) is 5.56 Å². The Kier molecular flexibility index (Phi) is 7.85. The molecular weight excluding hydrogens is 496 g/mol. The monoisotopic (exact) mass is 528 g/mol. The van der Waals surface area contributed by atoms with Crippen molar-refractivity contribution in [1.29, 1.82) is 0 Å². The Morgan fingerprint density at radius 2 is 1.64 bits per heavy atom. The van der Waals surface area contributed by atoms with Crippen molar-refractivity contribution < 1.29 is 29.0 Å². The Morgan fingerprint density at radius 1 is 1.00 bits per heavy atom. The van der Waals surface area contributed by atoms with Crippen LogP contribution in [0.25, 0.3) is 5.76 Å². The van der Waals surface area contributed by atoms with Crippen LogP contribution in [0.1, 0.15) is 72.3 Å². The summed E-state index contributed by atoms with van der Waals surface area (Å²) < 4.78 is 10.8. The van der Waals surface area contributed by atoms with E-state index in [1.807, 2.05) is 26.8 Å². The number of anilines is 1. The maximum absolute atomic E-state index is 13.5. The normalized spacial score (nSPS) is 16.7. The summed E-state index contributed by atoms with van der Waals surface area (Å²) in [4.78, 5) is 44.7. The predicted molar refractivity (Wildman–Crippen MR) is 148 cm³/mol. The number of aryl methyl sites for hydroxylation is 1. The Hall–Kier alpha value is -4.46. The van der Waals surface area contributed by atoms with E-state index in [1.165, 1.54) is 4.90 Å². The second-order valence-corrected chi connectivity index (χ2v) is 10.0. The number of amides is 1. The van der Waals surface area contributed by atoms with E-state index >= 15 is 0 Å². The summed E-state index contributed by atoms with van der Waals surface area (Å²) in [5, 5.41) is 11.6. The fourth-order valence-electron chi connectivity index (χ4n) is 4.73. The molecule has 1 atom stereocenters. The average Bonchev–Trinajstić information content (AvgIpc) is 3.18. The van der Waals surface area contributed by atoms with Crippen molar-refractivity contribution >= 4 is 29.1 Å². The fraction of sp³-hybridized carbons (Fsp3) is 0.290. The Morgan fingerprint density at radius 3 is 2.21 bits per heavy atom. The van der Waals surface area contributed by atoms with Crippen molar-refractivity contribution in [2.45, 2.75) is 52.7 Å². The third-order valence-electron chi connectivity index (χ3n) is 6.64. The summed E-state index contributed by atoms with van der Waals surface area (Å²) in [6, 6.07) is 12.4. The predicted octanol–water partition coefficient (Wildman–Crippen LogP) is 5.71. The summed E-state index contributed by atoms with van der Waals surface area (Å²) in [7, 11) is 1.59. The first-order chi connectivity index (χ1) is 18.5. The first-order valence-electron chi connectivity index (χ1n) is 12.8. The van der Waals surface area contributed by atoms with Gasteiger partial charge in [-0.3, -0.25) is 19.5 Å². The molecule has 1 unspecified atom stereocenters. The summed E-state index contributed by atoms with van der Waals surface area (Å²) in [6.07, 6.45) is 2.85. The standard InChI is InChI=1S/C31H32N2O6/c1-17(2)23-16-24(19(5)15-25(23)38-6)28(34)26-27(20-11-13-32-14-12-20)33(30(36)29(26)35)22-9-7-21(8-10-22)31(37)39-18(3)4/h7-18,27,34H,1-6H3/b28-26+. The molecule has 1 aromatic heterocycles. The number of pyridine rings is 1. The number of nitrogens with zero attached hydrogens (tertiary/aromatic N) is 2. The van der Waals surface area contributed by atoms with Crippen LogP contribution in [0.15, 0.2) is 66.5 Å². The highest BCUT2D eigenvalue weighted by molar-refractivity contribution is 6.51. The van der Waals surface area contributed by atoms with E-state index in [-0.39, 0.29) is 23.4 Å². The average molecular weight is 529 g/mol. The zero-order chi connectivity index (χ0) is 28.4. The number of ketones is 1. The maximum atomic E-state index is 13.5. The van der Waals surface area contributed by atoms with E-state index in [4.69, 9.17) is 9.47 Å². The molecule has 0 radical (unpaired) electrons. The molecule has 1 saturated heterocycles. The third-order valence-corrected chi connectivity index (χ3v) is 6.64. The summed E-state index contributed by atoms with van der Waals surface area (Å²) >= 11 is 0. The lowest BCUT2D eigenvalue weighted by atomic mass is 9.91. The number of aliphatic hydroxyl groups excluding tert-OH is 1. The first-order valence-corrected chi connectivity index (χ1v) is 12.8. The molecule has 8 nitrogen and oxygen atoms in total. The molecule has 0 saturated carbocycles. The number of Topliss-reactive ketones (excluding diaryl/α,β-unsaturated/α-hetero) is 1. The van der Waals surface area contributed by atoms with Gasteiger partial charge >= 0.3 is 5.97 Å². The number of carbonyl (C=O) groups excluding carboxylic acids is 3. The number of carbonyl (C=O) groups is 3. The summed E-state index contributed by atoms with van der Waals surface area (Å²) in [5.74, 6) is -1.57. The molecule has 1 N–H and O–H groups in total. The van der Waals surface area contributed by atoms with Crippen molar-refractivity contribution in [3.8, 4) is 5.75 Å². The second kappa shape index (κ2) is 11.1. The van der Waals surface area contributed by atoms with Crippen molar-refractivity contribution in [3.63, 3.8) is 0 Å². The molecule has 1 fully saturated rings.